The highest BCUT2D eigenvalue weighted by Crippen LogP contribution is 2.22. The van der Waals surface area contributed by atoms with E-state index in [1.807, 2.05) is 4.72 Å². The summed E-state index contributed by atoms with van der Waals surface area (Å²) in [6, 6.07) is 1.14. The zero-order valence-electron chi connectivity index (χ0n) is 10.5. The van der Waals surface area contributed by atoms with Crippen molar-refractivity contribution >= 4 is 10.0 Å². The van der Waals surface area contributed by atoms with Gasteiger partial charge in [-0.2, -0.15) is 0 Å². The van der Waals surface area contributed by atoms with Gasteiger partial charge in [0.1, 0.15) is 4.90 Å². The molecule has 0 radical (unpaired) electrons. The summed E-state index contributed by atoms with van der Waals surface area (Å²) in [5.74, 6) is -5.14. The topological polar surface area (TPSA) is 66.4 Å². The van der Waals surface area contributed by atoms with Crippen LogP contribution in [0.1, 0.15) is 20.8 Å². The lowest BCUT2D eigenvalue weighted by atomic mass is 10.0. The number of hydrogen-bond donors (Lipinski definition) is 2. The molecule has 4 nitrogen and oxygen atoms in total. The van der Waals surface area contributed by atoms with Crippen molar-refractivity contribution in [2.75, 3.05) is 0 Å². The Morgan fingerprint density at radius 2 is 1.74 bits per heavy atom. The molecule has 1 aromatic rings. The smallest absolute Gasteiger partial charge is 0.244 e. The van der Waals surface area contributed by atoms with Gasteiger partial charge in [0, 0.05) is 0 Å². The van der Waals surface area contributed by atoms with E-state index in [9.17, 15) is 26.7 Å². The van der Waals surface area contributed by atoms with Crippen LogP contribution in [-0.2, 0) is 10.0 Å². The lowest BCUT2D eigenvalue weighted by molar-refractivity contribution is 0.111. The second kappa shape index (κ2) is 5.10. The van der Waals surface area contributed by atoms with Crippen molar-refractivity contribution in [1.29, 1.82) is 0 Å². The molecule has 1 rings (SSSR count). The summed E-state index contributed by atoms with van der Waals surface area (Å²) in [6.07, 6.45) is -1.07. The third kappa shape index (κ3) is 3.26. The molecule has 0 spiro atoms. The molecule has 0 aromatic heterocycles. The molecule has 0 aliphatic rings. The third-order valence-corrected chi connectivity index (χ3v) is 4.42. The Balaban J connectivity index is 3.27. The molecule has 2 N–H and O–H groups in total. The van der Waals surface area contributed by atoms with Crippen molar-refractivity contribution in [3.8, 4) is 0 Å². The predicted octanol–water partition coefficient (Wildman–Crippen LogP) is 1.54. The number of aliphatic hydroxyl groups is 1. The number of rotatable bonds is 4. The first-order valence-electron chi connectivity index (χ1n) is 5.34. The van der Waals surface area contributed by atoms with E-state index < -0.39 is 44.0 Å². The van der Waals surface area contributed by atoms with Crippen LogP contribution >= 0.6 is 0 Å². The summed E-state index contributed by atoms with van der Waals surface area (Å²) in [5, 5.41) is 9.40. The van der Waals surface area contributed by atoms with Gasteiger partial charge in [-0.15, -0.1) is 0 Å². The fourth-order valence-electron chi connectivity index (χ4n) is 1.20. The summed E-state index contributed by atoms with van der Waals surface area (Å²) in [5.41, 5.74) is -1.30. The standard InChI is InChI=1S/C11H14F3NO3S/c1-6(16)11(2,3)15-19(17,18)8-5-4-7(12)9(13)10(8)14/h4-6,15-16H,1-3H3. The quantitative estimate of drug-likeness (QED) is 0.829. The molecule has 108 valence electrons. The maximum absolute atomic E-state index is 13.4. The second-order valence-electron chi connectivity index (χ2n) is 4.68. The Kier molecular flexibility index (Phi) is 4.28. The van der Waals surface area contributed by atoms with Gasteiger partial charge in [0.05, 0.1) is 11.6 Å². The van der Waals surface area contributed by atoms with Crippen molar-refractivity contribution < 1.29 is 26.7 Å². The molecule has 19 heavy (non-hydrogen) atoms. The fraction of sp³-hybridized carbons (Fsp3) is 0.455. The molecule has 1 unspecified atom stereocenters. The fourth-order valence-corrected chi connectivity index (χ4v) is 2.75. The van der Waals surface area contributed by atoms with Crippen molar-refractivity contribution in [2.45, 2.75) is 37.3 Å². The number of benzene rings is 1. The molecule has 0 saturated heterocycles. The Morgan fingerprint density at radius 3 is 2.21 bits per heavy atom. The zero-order valence-corrected chi connectivity index (χ0v) is 11.4. The molecule has 0 saturated carbocycles. The average Bonchev–Trinajstić information content (AvgIpc) is 2.23. The van der Waals surface area contributed by atoms with E-state index in [2.05, 4.69) is 0 Å². The molecule has 8 heteroatoms. The molecular weight excluding hydrogens is 283 g/mol. The maximum Gasteiger partial charge on any atom is 0.244 e. The van der Waals surface area contributed by atoms with Gasteiger partial charge in [-0.25, -0.2) is 26.3 Å². The molecule has 0 aliphatic carbocycles. The van der Waals surface area contributed by atoms with Crippen molar-refractivity contribution in [3.63, 3.8) is 0 Å². The van der Waals surface area contributed by atoms with Crippen molar-refractivity contribution in [3.05, 3.63) is 29.6 Å². The van der Waals surface area contributed by atoms with E-state index in [1.54, 1.807) is 0 Å². The summed E-state index contributed by atoms with van der Waals surface area (Å²) in [7, 11) is -4.42. The number of halogens is 3. The molecule has 0 fully saturated rings. The predicted molar refractivity (Wildman–Crippen MR) is 62.4 cm³/mol. The van der Waals surface area contributed by atoms with E-state index in [0.717, 1.165) is 0 Å². The summed E-state index contributed by atoms with van der Waals surface area (Å²) in [4.78, 5) is -1.01. The van der Waals surface area contributed by atoms with Crippen LogP contribution in [0.25, 0.3) is 0 Å². The van der Waals surface area contributed by atoms with Crippen LogP contribution in [0.5, 0.6) is 0 Å². The Bertz CT molecular complexity index is 585. The van der Waals surface area contributed by atoms with Crippen molar-refractivity contribution in [2.24, 2.45) is 0 Å². The molecule has 0 heterocycles. The van der Waals surface area contributed by atoms with Gasteiger partial charge in [-0.3, -0.25) is 0 Å². The minimum Gasteiger partial charge on any atom is -0.391 e. The number of nitrogens with one attached hydrogen (secondary N) is 1. The maximum atomic E-state index is 13.4. The third-order valence-electron chi connectivity index (χ3n) is 2.73. The Hall–Kier alpha value is -1.12. The largest absolute Gasteiger partial charge is 0.391 e. The van der Waals surface area contributed by atoms with Gasteiger partial charge in [-0.05, 0) is 32.9 Å². The highest BCUT2D eigenvalue weighted by molar-refractivity contribution is 7.89. The van der Waals surface area contributed by atoms with Crippen LogP contribution in [0.4, 0.5) is 13.2 Å². The summed E-state index contributed by atoms with van der Waals surface area (Å²) in [6.45, 7) is 4.07. The van der Waals surface area contributed by atoms with E-state index in [4.69, 9.17) is 0 Å². The molecule has 0 aliphatic heterocycles. The molecule has 1 atom stereocenters. The number of aliphatic hydroxyl groups excluding tert-OH is 1. The van der Waals surface area contributed by atoms with Gasteiger partial charge >= 0.3 is 0 Å². The summed E-state index contributed by atoms with van der Waals surface area (Å²) >= 11 is 0. The van der Waals surface area contributed by atoms with Gasteiger partial charge in [-0.1, -0.05) is 0 Å². The van der Waals surface area contributed by atoms with Crippen LogP contribution in [0, 0.1) is 17.5 Å². The van der Waals surface area contributed by atoms with E-state index >= 15 is 0 Å². The minimum absolute atomic E-state index is 0.516. The minimum atomic E-state index is -4.42. The van der Waals surface area contributed by atoms with E-state index in [1.165, 1.54) is 20.8 Å². The number of hydrogen-bond acceptors (Lipinski definition) is 3. The van der Waals surface area contributed by atoms with E-state index in [-0.39, 0.29) is 0 Å². The average molecular weight is 297 g/mol. The van der Waals surface area contributed by atoms with Gasteiger partial charge in [0.2, 0.25) is 10.0 Å². The first-order valence-corrected chi connectivity index (χ1v) is 6.83. The lowest BCUT2D eigenvalue weighted by Gasteiger charge is -2.28. The van der Waals surface area contributed by atoms with Gasteiger partial charge < -0.3 is 5.11 Å². The van der Waals surface area contributed by atoms with Crippen LogP contribution < -0.4 is 4.72 Å². The molecule has 1 aromatic carbocycles. The van der Waals surface area contributed by atoms with Gasteiger partial charge in [0.25, 0.3) is 0 Å². The monoisotopic (exact) mass is 297 g/mol. The molecule has 0 amide bonds. The number of sulfonamides is 1. The highest BCUT2D eigenvalue weighted by Gasteiger charge is 2.33. The van der Waals surface area contributed by atoms with Crippen LogP contribution in [-0.4, -0.2) is 25.2 Å². The SMILES string of the molecule is CC(O)C(C)(C)NS(=O)(=O)c1ccc(F)c(F)c1F. The van der Waals surface area contributed by atoms with Crippen LogP contribution in [0.2, 0.25) is 0 Å². The van der Waals surface area contributed by atoms with Crippen LogP contribution in [0.3, 0.4) is 0 Å². The normalized spacial score (nSPS) is 14.5. The first-order chi connectivity index (χ1) is 8.49. The Morgan fingerprint density at radius 1 is 1.21 bits per heavy atom. The van der Waals surface area contributed by atoms with Crippen LogP contribution in [0.15, 0.2) is 17.0 Å². The van der Waals surface area contributed by atoms with Gasteiger partial charge in [0.15, 0.2) is 17.5 Å². The lowest BCUT2D eigenvalue weighted by Crippen LogP contribution is -2.51. The zero-order chi connectivity index (χ0) is 15.0. The second-order valence-corrected chi connectivity index (χ2v) is 6.33. The molecule has 0 bridgehead atoms. The van der Waals surface area contributed by atoms with E-state index in [0.29, 0.717) is 12.1 Å². The summed E-state index contributed by atoms with van der Waals surface area (Å²) < 4.78 is 65.0. The molecular formula is C11H14F3NO3S. The highest BCUT2D eigenvalue weighted by atomic mass is 32.2. The first kappa shape index (κ1) is 15.9. The van der Waals surface area contributed by atoms with Crippen molar-refractivity contribution in [1.82, 2.24) is 4.72 Å². The Labute approximate surface area is 109 Å².